The third kappa shape index (κ3) is 7.05. The van der Waals surface area contributed by atoms with Gasteiger partial charge in [0.15, 0.2) is 11.6 Å². The topological polar surface area (TPSA) is 117 Å². The highest BCUT2D eigenvalue weighted by molar-refractivity contribution is 9.10. The maximum atomic E-state index is 12.3. The summed E-state index contributed by atoms with van der Waals surface area (Å²) >= 11 is 3.43. The summed E-state index contributed by atoms with van der Waals surface area (Å²) in [6.45, 7) is 4.12. The highest BCUT2D eigenvalue weighted by atomic mass is 79.9. The average Bonchev–Trinajstić information content (AvgIpc) is 3.58. The van der Waals surface area contributed by atoms with Crippen LogP contribution in [0.5, 0.6) is 0 Å². The number of allylic oxidation sites excluding steroid dienone is 1. The van der Waals surface area contributed by atoms with Crippen molar-refractivity contribution in [3.05, 3.63) is 22.4 Å². The number of amidine groups is 1. The Hall–Kier alpha value is -2.00. The molecule has 3 rings (SSSR count). The number of halogens is 1. The van der Waals surface area contributed by atoms with Gasteiger partial charge in [-0.3, -0.25) is 4.79 Å². The lowest BCUT2D eigenvalue weighted by molar-refractivity contribution is -0.113. The van der Waals surface area contributed by atoms with Crippen LogP contribution in [-0.2, 0) is 4.79 Å². The van der Waals surface area contributed by atoms with Gasteiger partial charge in [-0.1, -0.05) is 19.3 Å². The summed E-state index contributed by atoms with van der Waals surface area (Å²) in [5, 5.41) is 2.97. The van der Waals surface area contributed by atoms with Crippen molar-refractivity contribution < 1.29 is 4.79 Å². The summed E-state index contributed by atoms with van der Waals surface area (Å²) < 4.78 is 0.678. The SMILES string of the molecule is CC(=Nc1nc(NCC(=O)C=C(N)C2CCCCC2)ncc1Br)NNC(C)C1CC1. The molecular formula is C21H32BrN7O. The van der Waals surface area contributed by atoms with E-state index in [2.05, 4.69) is 54.0 Å². The zero-order valence-corrected chi connectivity index (χ0v) is 19.3. The number of nitrogens with zero attached hydrogens (tertiary/aromatic N) is 3. The first kappa shape index (κ1) is 22.7. The van der Waals surface area contributed by atoms with Gasteiger partial charge in [0.1, 0.15) is 5.84 Å². The molecule has 1 atom stereocenters. The molecule has 0 bridgehead atoms. The number of hydrogen-bond acceptors (Lipinski definition) is 7. The van der Waals surface area contributed by atoms with Crippen molar-refractivity contribution in [2.24, 2.45) is 22.6 Å². The molecule has 1 unspecified atom stereocenters. The van der Waals surface area contributed by atoms with Crippen molar-refractivity contribution in [3.8, 4) is 0 Å². The number of anilines is 1. The lowest BCUT2D eigenvalue weighted by atomic mass is 9.87. The molecule has 0 saturated heterocycles. The first-order valence-electron chi connectivity index (χ1n) is 10.8. The van der Waals surface area contributed by atoms with Gasteiger partial charge in [0.2, 0.25) is 5.95 Å². The molecule has 30 heavy (non-hydrogen) atoms. The van der Waals surface area contributed by atoms with Crippen molar-refractivity contribution >= 4 is 39.3 Å². The molecule has 2 aliphatic carbocycles. The smallest absolute Gasteiger partial charge is 0.225 e. The molecule has 0 radical (unpaired) electrons. The average molecular weight is 478 g/mol. The predicted octanol–water partition coefficient (Wildman–Crippen LogP) is 3.59. The monoisotopic (exact) mass is 477 g/mol. The molecule has 9 heteroatoms. The molecule has 2 fully saturated rings. The third-order valence-electron chi connectivity index (χ3n) is 5.63. The number of aromatic nitrogens is 2. The summed E-state index contributed by atoms with van der Waals surface area (Å²) in [5.74, 6) is 2.54. The Balaban J connectivity index is 1.53. The van der Waals surface area contributed by atoms with E-state index in [1.165, 1.54) is 32.1 Å². The molecule has 1 aromatic heterocycles. The van der Waals surface area contributed by atoms with Gasteiger partial charge in [-0.25, -0.2) is 15.4 Å². The number of aliphatic imine (C=N–C) groups is 1. The van der Waals surface area contributed by atoms with E-state index in [9.17, 15) is 4.79 Å². The summed E-state index contributed by atoms with van der Waals surface area (Å²) in [4.78, 5) is 25.4. The fourth-order valence-corrected chi connectivity index (χ4v) is 3.88. The Morgan fingerprint density at radius 1 is 1.33 bits per heavy atom. The summed E-state index contributed by atoms with van der Waals surface area (Å²) in [6, 6.07) is 0.404. The summed E-state index contributed by atoms with van der Waals surface area (Å²) in [5.41, 5.74) is 13.2. The van der Waals surface area contributed by atoms with E-state index in [0.717, 1.165) is 18.8 Å². The van der Waals surface area contributed by atoms with Crippen LogP contribution in [-0.4, -0.2) is 34.2 Å². The maximum absolute atomic E-state index is 12.3. The molecule has 1 aromatic rings. The highest BCUT2D eigenvalue weighted by Gasteiger charge is 2.27. The van der Waals surface area contributed by atoms with Gasteiger partial charge in [0.05, 0.1) is 11.0 Å². The van der Waals surface area contributed by atoms with Crippen molar-refractivity contribution in [2.75, 3.05) is 11.9 Å². The standard InChI is InChI=1S/C21H32BrN7O/c1-13(15-8-9-15)28-29-14(2)26-20-18(22)12-25-21(27-20)24-11-17(30)10-19(23)16-6-4-3-5-7-16/h10,12-13,15-16,28H,3-9,11,23H2,1-2H3,(H2,24,25,26,27,29). The van der Waals surface area contributed by atoms with E-state index < -0.39 is 0 Å². The Kier molecular flexibility index (Phi) is 8.21. The van der Waals surface area contributed by atoms with Gasteiger partial charge in [-0.05, 0) is 67.3 Å². The molecule has 8 nitrogen and oxygen atoms in total. The van der Waals surface area contributed by atoms with Gasteiger partial charge in [0.25, 0.3) is 0 Å². The van der Waals surface area contributed by atoms with Crippen molar-refractivity contribution in [1.82, 2.24) is 20.8 Å². The number of rotatable bonds is 9. The van der Waals surface area contributed by atoms with Crippen LogP contribution in [0.2, 0.25) is 0 Å². The van der Waals surface area contributed by atoms with Gasteiger partial charge >= 0.3 is 0 Å². The number of hydrazine groups is 1. The maximum Gasteiger partial charge on any atom is 0.225 e. The number of nitrogens with one attached hydrogen (secondary N) is 3. The van der Waals surface area contributed by atoms with Crippen LogP contribution in [0.3, 0.4) is 0 Å². The number of carbonyl (C=O) groups is 1. The lowest BCUT2D eigenvalue weighted by Gasteiger charge is -2.21. The fourth-order valence-electron chi connectivity index (χ4n) is 3.60. The molecule has 5 N–H and O–H groups in total. The molecule has 1 heterocycles. The van der Waals surface area contributed by atoms with Crippen LogP contribution < -0.4 is 21.9 Å². The normalized spacial score (nSPS) is 19.4. The molecule has 2 aliphatic rings. The molecule has 0 spiro atoms. The molecule has 0 aliphatic heterocycles. The second-order valence-electron chi connectivity index (χ2n) is 8.26. The summed E-state index contributed by atoms with van der Waals surface area (Å²) in [6.07, 6.45) is 11.5. The third-order valence-corrected chi connectivity index (χ3v) is 6.19. The minimum absolute atomic E-state index is 0.0780. The van der Waals surface area contributed by atoms with Crippen LogP contribution in [0.4, 0.5) is 11.8 Å². The van der Waals surface area contributed by atoms with E-state index in [4.69, 9.17) is 5.73 Å². The van der Waals surface area contributed by atoms with Gasteiger partial charge < -0.3 is 16.5 Å². The van der Waals surface area contributed by atoms with E-state index in [0.29, 0.717) is 39.7 Å². The molecule has 0 amide bonds. The Bertz CT molecular complexity index is 801. The molecular weight excluding hydrogens is 446 g/mol. The number of carbonyl (C=O) groups excluding carboxylic acids is 1. The largest absolute Gasteiger partial charge is 0.402 e. The van der Waals surface area contributed by atoms with Crippen molar-refractivity contribution in [1.29, 1.82) is 0 Å². The zero-order valence-electron chi connectivity index (χ0n) is 17.7. The lowest BCUT2D eigenvalue weighted by Crippen LogP contribution is -2.42. The second-order valence-corrected chi connectivity index (χ2v) is 9.11. The van der Waals surface area contributed by atoms with Crippen LogP contribution >= 0.6 is 15.9 Å². The predicted molar refractivity (Wildman–Crippen MR) is 123 cm³/mol. The first-order valence-corrected chi connectivity index (χ1v) is 11.5. The van der Waals surface area contributed by atoms with Gasteiger partial charge in [0, 0.05) is 24.0 Å². The molecule has 164 valence electrons. The fraction of sp³-hybridized carbons (Fsp3) is 0.619. The number of nitrogens with two attached hydrogens (primary N) is 1. The Morgan fingerprint density at radius 3 is 2.77 bits per heavy atom. The minimum Gasteiger partial charge on any atom is -0.402 e. The number of hydrogen-bond donors (Lipinski definition) is 4. The van der Waals surface area contributed by atoms with Gasteiger partial charge in [-0.2, -0.15) is 4.98 Å². The van der Waals surface area contributed by atoms with Crippen LogP contribution in [0, 0.1) is 11.8 Å². The molecule has 2 saturated carbocycles. The number of ketones is 1. The summed E-state index contributed by atoms with van der Waals surface area (Å²) in [7, 11) is 0. The van der Waals surface area contributed by atoms with E-state index in [1.54, 1.807) is 12.3 Å². The highest BCUT2D eigenvalue weighted by Crippen LogP contribution is 2.32. The second kappa shape index (κ2) is 10.9. The van der Waals surface area contributed by atoms with Crippen molar-refractivity contribution in [3.63, 3.8) is 0 Å². The van der Waals surface area contributed by atoms with Crippen molar-refractivity contribution in [2.45, 2.75) is 64.8 Å². The van der Waals surface area contributed by atoms with Crippen LogP contribution in [0.15, 0.2) is 27.4 Å². The van der Waals surface area contributed by atoms with Crippen LogP contribution in [0.25, 0.3) is 0 Å². The Morgan fingerprint density at radius 2 is 2.07 bits per heavy atom. The van der Waals surface area contributed by atoms with Crippen LogP contribution in [0.1, 0.15) is 58.8 Å². The van der Waals surface area contributed by atoms with E-state index in [1.807, 2.05) is 6.92 Å². The first-order chi connectivity index (χ1) is 14.4. The Labute approximate surface area is 186 Å². The zero-order chi connectivity index (χ0) is 21.5. The quantitative estimate of drug-likeness (QED) is 0.186. The van der Waals surface area contributed by atoms with E-state index >= 15 is 0 Å². The molecule has 0 aromatic carbocycles. The minimum atomic E-state index is -0.0780. The van der Waals surface area contributed by atoms with Gasteiger partial charge in [-0.15, -0.1) is 0 Å². The van der Waals surface area contributed by atoms with E-state index in [-0.39, 0.29) is 12.3 Å².